The maximum absolute atomic E-state index is 14.1. The van der Waals surface area contributed by atoms with Gasteiger partial charge in [0.15, 0.2) is 5.84 Å². The Morgan fingerprint density at radius 2 is 2.15 bits per heavy atom. The predicted octanol–water partition coefficient (Wildman–Crippen LogP) is 1.42. The molecule has 0 aliphatic heterocycles. The van der Waals surface area contributed by atoms with Crippen LogP contribution in [-0.2, 0) is 6.54 Å². The largest absolute Gasteiger partial charge is 0.409 e. The van der Waals surface area contributed by atoms with E-state index in [-0.39, 0.29) is 17.9 Å². The Balaban J connectivity index is 2.61. The summed E-state index contributed by atoms with van der Waals surface area (Å²) in [6.07, 6.45) is 0.241. The molecule has 0 saturated heterocycles. The van der Waals surface area contributed by atoms with Crippen LogP contribution in [0.2, 0.25) is 0 Å². The van der Waals surface area contributed by atoms with Crippen molar-refractivity contribution in [2.75, 3.05) is 6.54 Å². The van der Waals surface area contributed by atoms with Crippen molar-refractivity contribution in [1.29, 1.82) is 0 Å². The molecule has 1 atom stereocenters. The first-order valence-corrected chi connectivity index (χ1v) is 6.59. The summed E-state index contributed by atoms with van der Waals surface area (Å²) < 4.78 is 14.1. The number of aliphatic hydroxyl groups is 1. The van der Waals surface area contributed by atoms with E-state index in [0.717, 1.165) is 0 Å². The lowest BCUT2D eigenvalue weighted by atomic mass is 10.1. The van der Waals surface area contributed by atoms with E-state index < -0.39 is 11.9 Å². The van der Waals surface area contributed by atoms with Crippen LogP contribution in [0.1, 0.15) is 31.4 Å². The summed E-state index contributed by atoms with van der Waals surface area (Å²) in [6, 6.07) is 4.70. The second kappa shape index (κ2) is 7.81. The van der Waals surface area contributed by atoms with Gasteiger partial charge in [0.05, 0.1) is 11.7 Å². The summed E-state index contributed by atoms with van der Waals surface area (Å²) in [5.41, 5.74) is 5.87. The maximum Gasteiger partial charge on any atom is 0.173 e. The molecule has 0 aliphatic rings. The second-order valence-electron chi connectivity index (χ2n) is 5.18. The lowest BCUT2D eigenvalue weighted by Gasteiger charge is -2.14. The highest BCUT2D eigenvalue weighted by atomic mass is 19.1. The van der Waals surface area contributed by atoms with Gasteiger partial charge < -0.3 is 21.4 Å². The molecule has 1 rings (SSSR count). The zero-order valence-corrected chi connectivity index (χ0v) is 11.8. The van der Waals surface area contributed by atoms with Crippen molar-refractivity contribution >= 4 is 5.84 Å². The summed E-state index contributed by atoms with van der Waals surface area (Å²) in [7, 11) is 0. The van der Waals surface area contributed by atoms with Crippen molar-refractivity contribution in [3.05, 3.63) is 35.1 Å². The minimum absolute atomic E-state index is 0.0644. The third-order valence-electron chi connectivity index (χ3n) is 2.90. The number of hydrogen-bond donors (Lipinski definition) is 4. The Morgan fingerprint density at radius 1 is 1.45 bits per heavy atom. The smallest absolute Gasteiger partial charge is 0.173 e. The zero-order chi connectivity index (χ0) is 15.1. The van der Waals surface area contributed by atoms with Crippen LogP contribution in [0.25, 0.3) is 0 Å². The van der Waals surface area contributed by atoms with Gasteiger partial charge in [-0.25, -0.2) is 4.39 Å². The minimum atomic E-state index is -0.520. The molecule has 0 bridgehead atoms. The van der Waals surface area contributed by atoms with Gasteiger partial charge in [-0.1, -0.05) is 31.1 Å². The Labute approximate surface area is 118 Å². The van der Waals surface area contributed by atoms with Crippen molar-refractivity contribution < 1.29 is 14.7 Å². The number of hydrogen-bond acceptors (Lipinski definition) is 4. The number of aliphatic hydroxyl groups excluding tert-OH is 1. The number of nitrogens with one attached hydrogen (secondary N) is 1. The molecule has 0 radical (unpaired) electrons. The predicted molar refractivity (Wildman–Crippen MR) is 76.1 cm³/mol. The molecule has 0 saturated carbocycles. The third kappa shape index (κ3) is 4.79. The molecule has 0 spiro atoms. The van der Waals surface area contributed by atoms with Crippen LogP contribution in [0.15, 0.2) is 23.4 Å². The SMILES string of the molecule is CC(C)CC(O)CNCc1cccc(/C(N)=N/O)c1F. The number of nitrogens with two attached hydrogens (primary N) is 1. The number of benzene rings is 1. The quantitative estimate of drug-likeness (QED) is 0.264. The minimum Gasteiger partial charge on any atom is -0.409 e. The Bertz CT molecular complexity index is 464. The van der Waals surface area contributed by atoms with E-state index in [4.69, 9.17) is 10.9 Å². The molecule has 0 fully saturated rings. The first-order valence-electron chi connectivity index (χ1n) is 6.59. The van der Waals surface area contributed by atoms with Crippen LogP contribution >= 0.6 is 0 Å². The molecular weight excluding hydrogens is 261 g/mol. The van der Waals surface area contributed by atoms with Gasteiger partial charge in [0.25, 0.3) is 0 Å². The van der Waals surface area contributed by atoms with Gasteiger partial charge in [-0.3, -0.25) is 0 Å². The first-order chi connectivity index (χ1) is 9.45. The van der Waals surface area contributed by atoms with Gasteiger partial charge in [-0.15, -0.1) is 0 Å². The van der Waals surface area contributed by atoms with Crippen LogP contribution < -0.4 is 11.1 Å². The molecule has 112 valence electrons. The molecule has 1 aromatic carbocycles. The highest BCUT2D eigenvalue weighted by Crippen LogP contribution is 2.13. The third-order valence-corrected chi connectivity index (χ3v) is 2.90. The van der Waals surface area contributed by atoms with Gasteiger partial charge in [-0.05, 0) is 18.4 Å². The Morgan fingerprint density at radius 3 is 2.75 bits per heavy atom. The zero-order valence-electron chi connectivity index (χ0n) is 11.8. The molecule has 6 heteroatoms. The number of rotatable bonds is 7. The fourth-order valence-electron chi connectivity index (χ4n) is 1.97. The topological polar surface area (TPSA) is 90.9 Å². The molecule has 20 heavy (non-hydrogen) atoms. The standard InChI is InChI=1S/C14H22FN3O2/c1-9(2)6-11(19)8-17-7-10-4-3-5-12(13(10)15)14(16)18-20/h3-5,9,11,17,19-20H,6-8H2,1-2H3,(H2,16,18). The lowest BCUT2D eigenvalue weighted by Crippen LogP contribution is -2.28. The normalized spacial score (nSPS) is 13.8. The molecule has 0 aromatic heterocycles. The highest BCUT2D eigenvalue weighted by molar-refractivity contribution is 5.97. The second-order valence-corrected chi connectivity index (χ2v) is 5.18. The average molecular weight is 283 g/mol. The van der Waals surface area contributed by atoms with Crippen molar-refractivity contribution in [2.45, 2.75) is 32.9 Å². The van der Waals surface area contributed by atoms with Crippen molar-refractivity contribution in [2.24, 2.45) is 16.8 Å². The molecule has 1 unspecified atom stereocenters. The lowest BCUT2D eigenvalue weighted by molar-refractivity contribution is 0.146. The van der Waals surface area contributed by atoms with E-state index in [1.54, 1.807) is 12.1 Å². The van der Waals surface area contributed by atoms with E-state index in [0.29, 0.717) is 24.4 Å². The van der Waals surface area contributed by atoms with Crippen LogP contribution in [0.5, 0.6) is 0 Å². The summed E-state index contributed by atoms with van der Waals surface area (Å²) in [6.45, 7) is 4.73. The van der Waals surface area contributed by atoms with Crippen LogP contribution in [0, 0.1) is 11.7 Å². The van der Waals surface area contributed by atoms with Crippen molar-refractivity contribution in [3.8, 4) is 0 Å². The summed E-state index contributed by atoms with van der Waals surface area (Å²) in [4.78, 5) is 0. The monoisotopic (exact) mass is 283 g/mol. The molecule has 5 nitrogen and oxygen atoms in total. The van der Waals surface area contributed by atoms with Gasteiger partial charge in [0.1, 0.15) is 5.82 Å². The number of oxime groups is 1. The molecule has 0 heterocycles. The van der Waals surface area contributed by atoms with Crippen molar-refractivity contribution in [3.63, 3.8) is 0 Å². The molecule has 5 N–H and O–H groups in total. The molecular formula is C14H22FN3O2. The number of halogens is 1. The van der Waals surface area contributed by atoms with Gasteiger partial charge in [-0.2, -0.15) is 0 Å². The van der Waals surface area contributed by atoms with Crippen LogP contribution in [0.4, 0.5) is 4.39 Å². The fraction of sp³-hybridized carbons (Fsp3) is 0.500. The molecule has 0 aliphatic carbocycles. The van der Waals surface area contributed by atoms with E-state index in [1.807, 2.05) is 13.8 Å². The van der Waals surface area contributed by atoms with Gasteiger partial charge in [0, 0.05) is 18.7 Å². The number of nitrogens with zero attached hydrogens (tertiary/aromatic N) is 1. The van der Waals surface area contributed by atoms with Gasteiger partial charge in [0.2, 0.25) is 0 Å². The number of amidine groups is 1. The summed E-state index contributed by atoms with van der Waals surface area (Å²) in [5.74, 6) is -0.370. The average Bonchev–Trinajstić information content (AvgIpc) is 2.39. The molecule has 1 aromatic rings. The van der Waals surface area contributed by atoms with E-state index in [2.05, 4.69) is 10.5 Å². The Hall–Kier alpha value is -1.66. The van der Waals surface area contributed by atoms with Crippen molar-refractivity contribution in [1.82, 2.24) is 5.32 Å². The highest BCUT2D eigenvalue weighted by Gasteiger charge is 2.12. The van der Waals surface area contributed by atoms with Crippen LogP contribution in [0.3, 0.4) is 0 Å². The maximum atomic E-state index is 14.1. The molecule has 0 amide bonds. The first kappa shape index (κ1) is 16.4. The van der Waals surface area contributed by atoms with E-state index in [1.165, 1.54) is 6.07 Å². The summed E-state index contributed by atoms with van der Waals surface area (Å²) in [5, 5.41) is 24.1. The van der Waals surface area contributed by atoms with Gasteiger partial charge >= 0.3 is 0 Å². The fourth-order valence-corrected chi connectivity index (χ4v) is 1.97. The van der Waals surface area contributed by atoms with E-state index in [9.17, 15) is 9.50 Å². The van der Waals surface area contributed by atoms with Crippen LogP contribution in [-0.4, -0.2) is 28.8 Å². The van der Waals surface area contributed by atoms with E-state index >= 15 is 0 Å². The summed E-state index contributed by atoms with van der Waals surface area (Å²) >= 11 is 0. The Kier molecular flexibility index (Phi) is 6.41.